The first-order chi connectivity index (χ1) is 13.4. The third-order valence-electron chi connectivity index (χ3n) is 6.19. The van der Waals surface area contributed by atoms with Crippen LogP contribution in [0.4, 0.5) is 13.2 Å². The highest BCUT2D eigenvalue weighted by Gasteiger charge is 2.47. The van der Waals surface area contributed by atoms with Gasteiger partial charge in [0.1, 0.15) is 11.9 Å². The molecule has 4 rings (SSSR count). The Balaban J connectivity index is 1.63. The van der Waals surface area contributed by atoms with Crippen molar-refractivity contribution in [2.75, 3.05) is 13.1 Å². The number of aromatic amines is 1. The molecule has 0 bridgehead atoms. The van der Waals surface area contributed by atoms with Gasteiger partial charge in [-0.2, -0.15) is 10.4 Å². The van der Waals surface area contributed by atoms with Gasteiger partial charge in [-0.25, -0.2) is 13.2 Å². The predicted molar refractivity (Wildman–Crippen MR) is 97.3 cm³/mol. The molecule has 2 aromatic rings. The summed E-state index contributed by atoms with van der Waals surface area (Å²) in [6.07, 6.45) is 2.74. The van der Waals surface area contributed by atoms with Crippen LogP contribution in [0.15, 0.2) is 30.5 Å². The molecule has 1 saturated heterocycles. The van der Waals surface area contributed by atoms with Crippen molar-refractivity contribution in [2.45, 2.75) is 49.1 Å². The summed E-state index contributed by atoms with van der Waals surface area (Å²) in [6.45, 7) is 0.362. The topological polar surface area (TPSA) is 81.7 Å². The zero-order chi connectivity index (χ0) is 19.9. The van der Waals surface area contributed by atoms with Gasteiger partial charge < -0.3 is 5.73 Å². The molecule has 5 nitrogen and oxygen atoms in total. The van der Waals surface area contributed by atoms with E-state index < -0.39 is 12.0 Å². The number of piperidine rings is 1. The Morgan fingerprint density at radius 1 is 1.25 bits per heavy atom. The summed E-state index contributed by atoms with van der Waals surface area (Å²) >= 11 is 0. The first-order valence-electron chi connectivity index (χ1n) is 9.45. The standard InChI is InChI=1S/C20H22F3N5/c21-15-3-1-12(2-4-15)13-7-16(19-14(9-24)10-26-27-19)17(8-13)28-6-5-20(22,23)18(25)11-28/h1-4,10,13,16-18H,5-8,11,25H2,(H,26,27)/t13?,16?,17?,18-/m1/s1. The minimum Gasteiger partial charge on any atom is -0.322 e. The second kappa shape index (κ2) is 7.22. The van der Waals surface area contributed by atoms with Crippen molar-refractivity contribution >= 4 is 0 Å². The fourth-order valence-electron chi connectivity index (χ4n) is 4.65. The van der Waals surface area contributed by atoms with Crippen molar-refractivity contribution in [3.05, 3.63) is 53.1 Å². The molecule has 148 valence electrons. The zero-order valence-corrected chi connectivity index (χ0v) is 15.3. The maximum absolute atomic E-state index is 13.9. The fraction of sp³-hybridized carbons (Fsp3) is 0.500. The van der Waals surface area contributed by atoms with E-state index >= 15 is 0 Å². The number of H-pyrrole nitrogens is 1. The van der Waals surface area contributed by atoms with E-state index in [4.69, 9.17) is 5.73 Å². The van der Waals surface area contributed by atoms with E-state index in [1.165, 1.54) is 12.1 Å². The molecule has 1 aromatic heterocycles. The van der Waals surface area contributed by atoms with Gasteiger partial charge in [0, 0.05) is 37.7 Å². The van der Waals surface area contributed by atoms with Crippen LogP contribution in [-0.4, -0.2) is 46.2 Å². The van der Waals surface area contributed by atoms with Gasteiger partial charge >= 0.3 is 0 Å². The lowest BCUT2D eigenvalue weighted by Crippen LogP contribution is -2.57. The lowest BCUT2D eigenvalue weighted by atomic mass is 9.92. The molecule has 2 heterocycles. The largest absolute Gasteiger partial charge is 0.322 e. The Morgan fingerprint density at radius 2 is 2.00 bits per heavy atom. The van der Waals surface area contributed by atoms with E-state index in [0.29, 0.717) is 11.3 Å². The maximum atomic E-state index is 13.9. The molecule has 1 saturated carbocycles. The molecule has 1 aliphatic heterocycles. The van der Waals surface area contributed by atoms with Crippen molar-refractivity contribution in [3.63, 3.8) is 0 Å². The molecule has 4 atom stereocenters. The van der Waals surface area contributed by atoms with Gasteiger partial charge in [0.2, 0.25) is 0 Å². The number of aromatic nitrogens is 2. The number of hydrogen-bond donors (Lipinski definition) is 2. The van der Waals surface area contributed by atoms with E-state index in [-0.39, 0.29) is 43.2 Å². The summed E-state index contributed by atoms with van der Waals surface area (Å²) in [5.41, 5.74) is 7.90. The summed E-state index contributed by atoms with van der Waals surface area (Å²) in [6, 6.07) is 7.31. The number of rotatable bonds is 3. The van der Waals surface area contributed by atoms with Crippen LogP contribution in [0.2, 0.25) is 0 Å². The molecule has 1 aromatic carbocycles. The fourth-order valence-corrected chi connectivity index (χ4v) is 4.65. The summed E-state index contributed by atoms with van der Waals surface area (Å²) in [4.78, 5) is 2.02. The molecule has 0 radical (unpaired) electrons. The van der Waals surface area contributed by atoms with Crippen molar-refractivity contribution in [1.29, 1.82) is 5.26 Å². The van der Waals surface area contributed by atoms with Gasteiger partial charge in [0.15, 0.2) is 0 Å². The molecular formula is C20H22F3N5. The summed E-state index contributed by atoms with van der Waals surface area (Å²) in [5.74, 6) is -3.09. The Kier molecular flexibility index (Phi) is 4.89. The van der Waals surface area contributed by atoms with Crippen LogP contribution in [0.25, 0.3) is 0 Å². The summed E-state index contributed by atoms with van der Waals surface area (Å²) < 4.78 is 41.1. The summed E-state index contributed by atoms with van der Waals surface area (Å²) in [7, 11) is 0. The monoisotopic (exact) mass is 389 g/mol. The summed E-state index contributed by atoms with van der Waals surface area (Å²) in [5, 5.41) is 16.4. The Bertz CT molecular complexity index is 873. The second-order valence-electron chi connectivity index (χ2n) is 7.80. The minimum atomic E-state index is -2.86. The van der Waals surface area contributed by atoms with Gasteiger partial charge in [-0.05, 0) is 36.5 Å². The normalized spacial score (nSPS) is 30.2. The Morgan fingerprint density at radius 3 is 2.68 bits per heavy atom. The molecule has 8 heteroatoms. The van der Waals surface area contributed by atoms with Crippen LogP contribution in [0, 0.1) is 17.1 Å². The lowest BCUT2D eigenvalue weighted by molar-refractivity contribution is -0.0806. The highest BCUT2D eigenvalue weighted by atomic mass is 19.3. The first kappa shape index (κ1) is 19.0. The average molecular weight is 389 g/mol. The average Bonchev–Trinajstić information content (AvgIpc) is 3.31. The van der Waals surface area contributed by atoms with E-state index in [0.717, 1.165) is 18.4 Å². The number of alkyl halides is 2. The van der Waals surface area contributed by atoms with Crippen molar-refractivity contribution in [2.24, 2.45) is 5.73 Å². The number of hydrogen-bond acceptors (Lipinski definition) is 4. The number of likely N-dealkylation sites (tertiary alicyclic amines) is 1. The molecule has 1 aliphatic carbocycles. The van der Waals surface area contributed by atoms with E-state index in [1.807, 2.05) is 4.90 Å². The second-order valence-corrected chi connectivity index (χ2v) is 7.80. The van der Waals surface area contributed by atoms with Gasteiger partial charge in [-0.1, -0.05) is 12.1 Å². The van der Waals surface area contributed by atoms with Gasteiger partial charge in [0.25, 0.3) is 5.92 Å². The number of halogens is 3. The van der Waals surface area contributed by atoms with Crippen LogP contribution in [0.3, 0.4) is 0 Å². The Hall–Kier alpha value is -2.37. The molecule has 0 spiro atoms. The third kappa shape index (κ3) is 3.40. The molecule has 3 N–H and O–H groups in total. The molecular weight excluding hydrogens is 367 g/mol. The first-order valence-corrected chi connectivity index (χ1v) is 9.45. The van der Waals surface area contributed by atoms with Crippen molar-refractivity contribution in [3.8, 4) is 6.07 Å². The third-order valence-corrected chi connectivity index (χ3v) is 6.19. The molecule has 0 amide bonds. The van der Waals surface area contributed by atoms with E-state index in [9.17, 15) is 18.4 Å². The van der Waals surface area contributed by atoms with Crippen molar-refractivity contribution < 1.29 is 13.2 Å². The number of nitrogens with zero attached hydrogens (tertiary/aromatic N) is 3. The van der Waals surface area contributed by atoms with E-state index in [2.05, 4.69) is 16.3 Å². The highest BCUT2D eigenvalue weighted by molar-refractivity contribution is 5.36. The van der Waals surface area contributed by atoms with Crippen LogP contribution >= 0.6 is 0 Å². The van der Waals surface area contributed by atoms with Gasteiger partial charge in [-0.15, -0.1) is 0 Å². The molecule has 2 aliphatic rings. The number of nitriles is 1. The van der Waals surface area contributed by atoms with E-state index in [1.54, 1.807) is 18.3 Å². The number of nitrogens with two attached hydrogens (primary N) is 1. The molecule has 2 fully saturated rings. The smallest absolute Gasteiger partial charge is 0.265 e. The molecule has 3 unspecified atom stereocenters. The predicted octanol–water partition coefficient (Wildman–Crippen LogP) is 3.12. The number of benzene rings is 1. The van der Waals surface area contributed by atoms with Gasteiger partial charge in [0.05, 0.1) is 17.3 Å². The Labute approximate surface area is 161 Å². The lowest BCUT2D eigenvalue weighted by Gasteiger charge is -2.41. The molecule has 28 heavy (non-hydrogen) atoms. The van der Waals surface area contributed by atoms with Crippen molar-refractivity contribution in [1.82, 2.24) is 15.1 Å². The van der Waals surface area contributed by atoms with Crippen LogP contribution < -0.4 is 5.73 Å². The zero-order valence-electron chi connectivity index (χ0n) is 15.3. The van der Waals surface area contributed by atoms with Crippen LogP contribution in [0.1, 0.15) is 47.9 Å². The maximum Gasteiger partial charge on any atom is 0.265 e. The highest BCUT2D eigenvalue weighted by Crippen LogP contribution is 2.47. The minimum absolute atomic E-state index is 0.0485. The van der Waals surface area contributed by atoms with Crippen LogP contribution in [-0.2, 0) is 0 Å². The number of nitrogens with one attached hydrogen (secondary N) is 1. The van der Waals surface area contributed by atoms with Crippen LogP contribution in [0.5, 0.6) is 0 Å². The van der Waals surface area contributed by atoms with Gasteiger partial charge in [-0.3, -0.25) is 10.00 Å². The quantitative estimate of drug-likeness (QED) is 0.845. The SMILES string of the molecule is N#Cc1c[nH]nc1C1CC(c2ccc(F)cc2)CC1N1CCC(F)(F)[C@H](N)C1.